The van der Waals surface area contributed by atoms with Crippen LogP contribution in [0, 0.1) is 39.4 Å². The van der Waals surface area contributed by atoms with Crippen molar-refractivity contribution in [1.29, 1.82) is 0 Å². The number of nitrogens with zero attached hydrogens (tertiary/aromatic N) is 3. The fraction of sp³-hybridized carbons (Fsp3) is 0.120. The summed E-state index contributed by atoms with van der Waals surface area (Å²) in [7, 11) is -3.99. The number of sulfone groups is 1. The molecule has 14 aromatic rings. The van der Waals surface area contributed by atoms with E-state index >= 15 is 0 Å². The van der Waals surface area contributed by atoms with Gasteiger partial charge in [0.25, 0.3) is 6.47 Å². The minimum Gasteiger partial charge on any atom is -1.00 e. The van der Waals surface area contributed by atoms with E-state index in [4.69, 9.17) is 55.7 Å². The molecular weight excluding hydrogens is 2530 g/mol. The first kappa shape index (κ1) is 133. The molecule has 3 heterocycles. The van der Waals surface area contributed by atoms with Crippen molar-refractivity contribution in [2.24, 2.45) is 0 Å². The van der Waals surface area contributed by atoms with Crippen LogP contribution in [0.1, 0.15) is 50.6 Å². The first-order chi connectivity index (χ1) is 64.8. The second kappa shape index (κ2) is 70.8. The summed E-state index contributed by atoms with van der Waals surface area (Å²) in [5, 5.41) is 30.3. The van der Waals surface area contributed by atoms with Crippen molar-refractivity contribution in [3.05, 3.63) is 355 Å². The van der Waals surface area contributed by atoms with Crippen molar-refractivity contribution in [2.45, 2.75) is 92.5 Å². The van der Waals surface area contributed by atoms with Gasteiger partial charge in [0.1, 0.15) is 11.6 Å². The average Bonchev–Trinajstić information content (AvgIpc) is 0.734. The molecule has 0 atom stereocenters. The van der Waals surface area contributed by atoms with Gasteiger partial charge < -0.3 is 30.9 Å². The van der Waals surface area contributed by atoms with E-state index in [1.54, 1.807) is 141 Å². The number of alkyl halides is 7. The van der Waals surface area contributed by atoms with E-state index in [1.807, 2.05) is 153 Å². The van der Waals surface area contributed by atoms with Crippen molar-refractivity contribution < 1.29 is 196 Å². The third-order valence-corrected chi connectivity index (χ3v) is 26.4. The number of aliphatic hydroxyl groups excluding tert-OH is 2. The van der Waals surface area contributed by atoms with E-state index in [-0.39, 0.29) is 144 Å². The Labute approximate surface area is 954 Å². The molecule has 0 aliphatic carbocycles. The number of carbonyl (C=O) groups excluding carboxylic acids is 4. The van der Waals surface area contributed by atoms with Crippen LogP contribution in [0.2, 0.25) is 6.32 Å². The van der Waals surface area contributed by atoms with E-state index in [0.29, 0.717) is 46.8 Å². The predicted octanol–water partition coefficient (Wildman–Crippen LogP) is 26.1. The van der Waals surface area contributed by atoms with Gasteiger partial charge >= 0.3 is 113 Å². The fourth-order valence-corrected chi connectivity index (χ4v) is 19.2. The Hall–Kier alpha value is -5.91. The van der Waals surface area contributed by atoms with Gasteiger partial charge in [0, 0.05) is 134 Å². The molecule has 1 aliphatic heterocycles. The van der Waals surface area contributed by atoms with Crippen molar-refractivity contribution in [3.8, 4) is 5.75 Å². The molecule has 47 heteroatoms. The minimum absolute atomic E-state index is 0. The van der Waals surface area contributed by atoms with E-state index in [1.165, 1.54) is 23.8 Å². The first-order valence-corrected chi connectivity index (χ1v) is 49.2. The van der Waals surface area contributed by atoms with Gasteiger partial charge in [-0.1, -0.05) is 207 Å². The quantitative estimate of drug-likeness (QED) is 0.00826. The molecule has 0 spiro atoms. The smallest absolute Gasteiger partial charge is 1.00 e. The number of aliphatic hydroxyl groups is 2. The summed E-state index contributed by atoms with van der Waals surface area (Å²) in [5.74, 6) is -6.60. The molecule has 15 rings (SSSR count). The van der Waals surface area contributed by atoms with Crippen molar-refractivity contribution in [3.63, 3.8) is 0 Å². The van der Waals surface area contributed by atoms with Crippen molar-refractivity contribution in [2.75, 3.05) is 20.4 Å². The summed E-state index contributed by atoms with van der Waals surface area (Å²) >= 11 is 41.5. The molecule has 5 N–H and O–H groups in total. The maximum Gasteiger partial charge on any atom is 1.00 e. The van der Waals surface area contributed by atoms with E-state index in [0.717, 1.165) is 102 Å². The molecule has 0 saturated carbocycles. The van der Waals surface area contributed by atoms with E-state index in [9.17, 15) is 76.6 Å². The van der Waals surface area contributed by atoms with Crippen LogP contribution in [0.25, 0.3) is 54.9 Å². The standard InChI is InChI=1S/C14H9BrO3S.C14H9BrOS.C13H7Br2NS.C13H8Br2O2S.C13H6Br2OS.C7H4FNS.C7H5NS.C4F6O3.C2H5BF.2C2H6O.CH3F.F2.K.Na.H2O2.H2O.H/c1-8-2-4-10-13(6-8)19(17,18)12-5-3-9(15)7-11(12)14(10)16;1-8-2-4-10-13(6-8)17-12-5-3-9(15)7-11(12)14(10)16;1-16-12-7-4-10(15)8-13(12)17-11-5-2-9(14)3-6-11;14-9-1-4-11(5-2-9)18-13-7-10(15)3-6-12(13)17-8-16;14-7-2-4-11-10(5-7)13(16)9-3-1-8(15)6-12(9)17-11;1-9-7-3-2-5(10)4-6(7)8;1-8-6-2-4-7(9)5-3-6;5-3(6,7)1(11)13-2(12)4(8,9)10;1-2-3-4;2*1-2-3;2*1-2;;;1-2;;/h2-7H,1H3;2-7H,1H3;2-8H;1-8H;1-6H;2-4,10H;2-5,9H;;2H2,1H3;2*3H,2H2,1H3;1H3;;;;1-2H;1H2;/q;;;;;;;;;;;;;2*+1;;;-1/p-1/i;;;;;;;;;;;1D;;;;;;. The van der Waals surface area contributed by atoms with Crippen LogP contribution in [-0.2, 0) is 29.0 Å². The summed E-state index contributed by atoms with van der Waals surface area (Å²) in [6, 6.07) is 71.5. The van der Waals surface area contributed by atoms with Crippen LogP contribution in [0.5, 0.6) is 5.75 Å². The van der Waals surface area contributed by atoms with Crippen LogP contribution < -0.4 is 96.5 Å². The van der Waals surface area contributed by atoms with E-state index in [2.05, 4.69) is 178 Å². The number of ether oxygens (including phenoxy) is 2. The molecule has 0 bridgehead atoms. The monoisotopic (exact) mass is 2600 g/mol. The van der Waals surface area contributed by atoms with Gasteiger partial charge in [-0.05, 0) is 221 Å². The molecular formula is C92H72BBr8F11KN3NaO15S7. The van der Waals surface area contributed by atoms with Gasteiger partial charge in [-0.2, -0.15) is 26.3 Å². The van der Waals surface area contributed by atoms with E-state index < -0.39 is 47.1 Å². The zero-order valence-corrected chi connectivity index (χ0v) is 96.5. The number of halogens is 19. The van der Waals surface area contributed by atoms with Crippen LogP contribution in [0.3, 0.4) is 0 Å². The predicted molar refractivity (Wildman–Crippen MR) is 555 cm³/mol. The van der Waals surface area contributed by atoms with Gasteiger partial charge in [0.2, 0.25) is 21.2 Å². The topological polar surface area (TPSA) is 279 Å². The molecule has 12 aromatic carbocycles. The van der Waals surface area contributed by atoms with Gasteiger partial charge in [-0.25, -0.2) is 36.9 Å². The number of thiol groups is 2. The fourth-order valence-electron chi connectivity index (χ4n) is 9.90. The molecule has 1 radical (unpaired) electrons. The summed E-state index contributed by atoms with van der Waals surface area (Å²) in [4.78, 5) is 82.2. The maximum atomic E-state index is 12.6. The maximum absolute atomic E-state index is 12.6. The normalized spacial score (nSPS) is 10.4. The number of carbonyl (C=O) groups is 4. The van der Waals surface area contributed by atoms with Gasteiger partial charge in [0.15, 0.2) is 22.3 Å². The Kier molecular flexibility index (Phi) is 67.8. The van der Waals surface area contributed by atoms with Gasteiger partial charge in [0.05, 0.1) is 42.9 Å². The molecule has 0 saturated heterocycles. The Morgan fingerprint density at radius 1 is 0.511 bits per heavy atom. The Morgan fingerprint density at radius 3 is 1.33 bits per heavy atom. The Bertz CT molecular complexity index is 6630. The largest absolute Gasteiger partial charge is 1.00 e. The summed E-state index contributed by atoms with van der Waals surface area (Å²) in [5.41, 5.74) is 4.08. The van der Waals surface area contributed by atoms with Crippen LogP contribution in [0.4, 0.5) is 65.6 Å². The Balaban J connectivity index is -0.00000151. The molecule has 139 heavy (non-hydrogen) atoms. The van der Waals surface area contributed by atoms with Crippen molar-refractivity contribution in [1.82, 2.24) is 0 Å². The number of aryl methyl sites for hydroxylation is 2. The molecule has 1 aliphatic rings. The minimum atomic E-state index is -5.62. The van der Waals surface area contributed by atoms with Crippen LogP contribution in [-0.4, -0.2) is 99.1 Å². The molecule has 0 amide bonds. The van der Waals surface area contributed by atoms with Crippen LogP contribution in [0.15, 0.2) is 321 Å². The molecule has 0 unspecified atom stereocenters. The number of hydrogen-bond acceptors (Lipinski definition) is 21. The summed E-state index contributed by atoms with van der Waals surface area (Å²) in [6.45, 7) is 30.2. The number of ketones is 1. The summed E-state index contributed by atoms with van der Waals surface area (Å²) < 4.78 is 166. The SMILES string of the molecule is CCO.CCO.CC[B]F.Cc1ccc2c(=O)c3cc(Br)ccc3sc2c1.Cc1ccc2c(c1)S(=O)(=O)c1ccc(Br)cc1C2=O.FF.O=C(OC(=O)C(F)(F)F)C(F)(F)F.O=COc1ccc(Br)cc1Sc1ccc(Br)cc1.O=c1c2ccc(Br)cc2sc2ccc(Br)cc12.OO.[2H]CF.[C-]#[N+]c1ccc(Br)cc1Sc1ccc(Br)cc1.[C-]#[N+]c1ccc(S)cc1.[C-]#[N+]c1ccc(S)cc1F.[H-].[K+].[Na+].[OH-]. The molecule has 725 valence electrons. The number of hydrogen-bond donors (Lipinski definition) is 6. The number of fused-ring (bicyclic) bond motifs is 6. The van der Waals surface area contributed by atoms with Crippen molar-refractivity contribution >= 4 is 298 Å². The number of rotatable bonds is 7. The number of benzene rings is 12. The average molecular weight is 2610 g/mol. The summed E-state index contributed by atoms with van der Waals surface area (Å²) in [6.07, 6.45) is -10.7. The van der Waals surface area contributed by atoms with Crippen LogP contribution >= 0.6 is 199 Å². The second-order valence-electron chi connectivity index (χ2n) is 25.1. The zero-order valence-electron chi connectivity index (χ0n) is 74.8. The Morgan fingerprint density at radius 2 is 0.885 bits per heavy atom. The molecule has 2 aromatic heterocycles. The zero-order chi connectivity index (χ0) is 104. The second-order valence-corrected chi connectivity index (χ2v) is 39.8. The van der Waals surface area contributed by atoms with Gasteiger partial charge in [-0.15, -0.1) is 59.7 Å². The molecule has 0 fully saturated rings. The van der Waals surface area contributed by atoms with Gasteiger partial charge in [-0.3, -0.25) is 34.1 Å². The first-order valence-electron chi connectivity index (χ1n) is 37.9. The number of esters is 2. The molecule has 18 nitrogen and oxygen atoms in total. The third kappa shape index (κ3) is 46.6. The third-order valence-electron chi connectivity index (χ3n) is 15.6.